The van der Waals surface area contributed by atoms with Crippen molar-refractivity contribution < 1.29 is 13.9 Å². The van der Waals surface area contributed by atoms with Crippen LogP contribution in [0.25, 0.3) is 33.5 Å². The molecular formula is C31H20Br3N3O4. The number of methoxy groups -OCH3 is 1. The summed E-state index contributed by atoms with van der Waals surface area (Å²) in [6.45, 7) is 0.348. The Morgan fingerprint density at radius 1 is 0.951 bits per heavy atom. The molecule has 0 bridgehead atoms. The van der Waals surface area contributed by atoms with Gasteiger partial charge in [0.2, 0.25) is 5.82 Å². The van der Waals surface area contributed by atoms with Crippen LogP contribution >= 0.6 is 47.8 Å². The van der Waals surface area contributed by atoms with Gasteiger partial charge in [0, 0.05) is 19.9 Å². The first-order valence-electron chi connectivity index (χ1n) is 12.4. The molecule has 6 aromatic rings. The maximum Gasteiger partial charge on any atom is 0.282 e. The fourth-order valence-corrected chi connectivity index (χ4v) is 5.52. The lowest BCUT2D eigenvalue weighted by molar-refractivity contribution is 0.282. The summed E-state index contributed by atoms with van der Waals surface area (Å²) in [7, 11) is 1.57. The van der Waals surface area contributed by atoms with Crippen LogP contribution < -0.4 is 15.0 Å². The highest BCUT2D eigenvalue weighted by atomic mass is 79.9. The zero-order chi connectivity index (χ0) is 28.5. The first-order chi connectivity index (χ1) is 19.9. The predicted octanol–water partition coefficient (Wildman–Crippen LogP) is 8.57. The summed E-state index contributed by atoms with van der Waals surface area (Å²) in [5.74, 6) is 1.76. The van der Waals surface area contributed by atoms with E-state index in [9.17, 15) is 4.79 Å². The third kappa shape index (κ3) is 5.47. The van der Waals surface area contributed by atoms with E-state index in [1.807, 2.05) is 60.7 Å². The number of ether oxygens (including phenoxy) is 2. The summed E-state index contributed by atoms with van der Waals surface area (Å²) in [5, 5.41) is 5.93. The van der Waals surface area contributed by atoms with Gasteiger partial charge in [-0.1, -0.05) is 58.4 Å². The fourth-order valence-electron chi connectivity index (χ4n) is 4.32. The predicted molar refractivity (Wildman–Crippen MR) is 171 cm³/mol. The van der Waals surface area contributed by atoms with Crippen LogP contribution in [0.5, 0.6) is 11.5 Å². The van der Waals surface area contributed by atoms with Gasteiger partial charge in [-0.3, -0.25) is 4.79 Å². The summed E-state index contributed by atoms with van der Waals surface area (Å²) in [4.78, 5) is 18.4. The van der Waals surface area contributed by atoms with E-state index in [1.165, 1.54) is 4.68 Å². The van der Waals surface area contributed by atoms with Crippen molar-refractivity contribution in [3.63, 3.8) is 0 Å². The smallest absolute Gasteiger partial charge is 0.282 e. The van der Waals surface area contributed by atoms with Gasteiger partial charge in [0.05, 0.1) is 28.7 Å². The molecule has 0 amide bonds. The van der Waals surface area contributed by atoms with Crippen LogP contribution in [0, 0.1) is 0 Å². The van der Waals surface area contributed by atoms with Crippen LogP contribution in [0.2, 0.25) is 0 Å². The molecular weight excluding hydrogens is 718 g/mol. The number of furan rings is 1. The Bertz CT molecular complexity index is 1970. The van der Waals surface area contributed by atoms with Gasteiger partial charge in [-0.15, -0.1) is 0 Å². The van der Waals surface area contributed by atoms with Crippen LogP contribution in [0.4, 0.5) is 0 Å². The molecule has 2 aromatic heterocycles. The van der Waals surface area contributed by atoms with E-state index in [2.05, 4.69) is 52.9 Å². The van der Waals surface area contributed by atoms with E-state index in [0.29, 0.717) is 54.9 Å². The van der Waals surface area contributed by atoms with E-state index < -0.39 is 0 Å². The Kier molecular flexibility index (Phi) is 7.79. The minimum Gasteiger partial charge on any atom is -0.493 e. The summed E-state index contributed by atoms with van der Waals surface area (Å²) >= 11 is 10.7. The number of hydrogen-bond donors (Lipinski definition) is 0. The van der Waals surface area contributed by atoms with Gasteiger partial charge >= 0.3 is 0 Å². The number of para-hydroxylation sites is 2. The largest absolute Gasteiger partial charge is 0.493 e. The molecule has 0 aliphatic heterocycles. The summed E-state index contributed by atoms with van der Waals surface area (Å²) in [6, 6.07) is 26.3. The Morgan fingerprint density at radius 3 is 2.49 bits per heavy atom. The van der Waals surface area contributed by atoms with Gasteiger partial charge in [0.1, 0.15) is 12.2 Å². The lowest BCUT2D eigenvalue weighted by Gasteiger charge is -2.15. The summed E-state index contributed by atoms with van der Waals surface area (Å²) in [5.41, 5.74) is 2.58. The molecule has 0 unspecified atom stereocenters. The van der Waals surface area contributed by atoms with E-state index in [0.717, 1.165) is 15.4 Å². The maximum absolute atomic E-state index is 13.6. The topological polar surface area (TPSA) is 78.9 Å². The highest BCUT2D eigenvalue weighted by molar-refractivity contribution is 9.13. The fraction of sp³-hybridized carbons (Fsp3) is 0.0645. The van der Waals surface area contributed by atoms with Crippen LogP contribution in [0.15, 0.2) is 113 Å². The second kappa shape index (κ2) is 11.6. The van der Waals surface area contributed by atoms with E-state index in [1.54, 1.807) is 37.6 Å². The van der Waals surface area contributed by atoms with Crippen LogP contribution in [0.3, 0.4) is 0 Å². The molecule has 4 aromatic carbocycles. The highest BCUT2D eigenvalue weighted by Gasteiger charge is 2.19. The molecule has 204 valence electrons. The van der Waals surface area contributed by atoms with Crippen molar-refractivity contribution in [2.75, 3.05) is 7.11 Å². The molecule has 10 heteroatoms. The van der Waals surface area contributed by atoms with Crippen LogP contribution in [0.1, 0.15) is 11.1 Å². The number of hydrogen-bond acceptors (Lipinski definition) is 6. The Balaban J connectivity index is 1.42. The number of halogens is 3. The zero-order valence-corrected chi connectivity index (χ0v) is 26.2. The van der Waals surface area contributed by atoms with Gasteiger partial charge in [-0.05, 0) is 79.9 Å². The lowest BCUT2D eigenvalue weighted by atomic mass is 10.2. The van der Waals surface area contributed by atoms with Crippen molar-refractivity contribution in [1.82, 2.24) is 9.66 Å². The molecule has 2 heterocycles. The second-order valence-electron chi connectivity index (χ2n) is 9.00. The standard InChI is InChI=1S/C31H20Br3N3O4/c1-39-25-15-20(27(33)28(34)29(25)40-17-18-10-12-21(32)13-11-18)16-35-37-30(26-14-19-6-2-5-9-24(19)41-26)36-23-8-4-3-7-22(23)31(37)38/h2-16H,17H2,1H3. The molecule has 0 atom stereocenters. The lowest BCUT2D eigenvalue weighted by Crippen LogP contribution is -2.20. The molecule has 7 nitrogen and oxygen atoms in total. The van der Waals surface area contributed by atoms with Crippen molar-refractivity contribution in [3.05, 3.63) is 120 Å². The minimum absolute atomic E-state index is 0.290. The van der Waals surface area contributed by atoms with Crippen molar-refractivity contribution in [2.45, 2.75) is 6.61 Å². The van der Waals surface area contributed by atoms with Crippen molar-refractivity contribution >= 4 is 75.9 Å². The van der Waals surface area contributed by atoms with Gasteiger partial charge < -0.3 is 13.9 Å². The molecule has 0 N–H and O–H groups in total. The Labute approximate surface area is 259 Å². The third-order valence-electron chi connectivity index (χ3n) is 6.38. The molecule has 0 fully saturated rings. The van der Waals surface area contributed by atoms with Gasteiger partial charge in [0.25, 0.3) is 5.56 Å². The number of nitrogens with zero attached hydrogens (tertiary/aromatic N) is 3. The van der Waals surface area contributed by atoms with Gasteiger partial charge in [0.15, 0.2) is 17.3 Å². The molecule has 0 aliphatic rings. The SMILES string of the molecule is COc1cc(C=Nn2c(-c3cc4ccccc4o3)nc3ccccc3c2=O)c(Br)c(Br)c1OCc1ccc(Br)cc1. The minimum atomic E-state index is -0.320. The first kappa shape index (κ1) is 27.4. The molecule has 0 saturated heterocycles. The summed E-state index contributed by atoms with van der Waals surface area (Å²) < 4.78 is 21.4. The number of benzene rings is 4. The second-order valence-corrected chi connectivity index (χ2v) is 11.5. The monoisotopic (exact) mass is 735 g/mol. The van der Waals surface area contributed by atoms with Crippen LogP contribution in [-0.2, 0) is 6.61 Å². The molecule has 6 rings (SSSR count). The van der Waals surface area contributed by atoms with E-state index in [-0.39, 0.29) is 11.4 Å². The third-order valence-corrected chi connectivity index (χ3v) is 9.06. The molecule has 0 saturated carbocycles. The average molecular weight is 738 g/mol. The molecule has 0 aliphatic carbocycles. The van der Waals surface area contributed by atoms with Crippen molar-refractivity contribution in [1.29, 1.82) is 0 Å². The highest BCUT2D eigenvalue weighted by Crippen LogP contribution is 2.42. The van der Waals surface area contributed by atoms with Crippen molar-refractivity contribution in [3.8, 4) is 23.1 Å². The molecule has 0 radical (unpaired) electrons. The Morgan fingerprint density at radius 2 is 1.71 bits per heavy atom. The molecule has 0 spiro atoms. The quantitative estimate of drug-likeness (QED) is 0.154. The van der Waals surface area contributed by atoms with E-state index in [4.69, 9.17) is 18.9 Å². The maximum atomic E-state index is 13.6. The normalized spacial score (nSPS) is 11.5. The zero-order valence-electron chi connectivity index (χ0n) is 21.5. The molecule has 41 heavy (non-hydrogen) atoms. The first-order valence-corrected chi connectivity index (χ1v) is 14.8. The van der Waals surface area contributed by atoms with Crippen molar-refractivity contribution in [2.24, 2.45) is 5.10 Å². The number of rotatable bonds is 7. The van der Waals surface area contributed by atoms with E-state index >= 15 is 0 Å². The Hall–Kier alpha value is -3.73. The van der Waals surface area contributed by atoms with Crippen LogP contribution in [-0.4, -0.2) is 23.0 Å². The number of fused-ring (bicyclic) bond motifs is 2. The average Bonchev–Trinajstić information content (AvgIpc) is 3.43. The summed E-state index contributed by atoms with van der Waals surface area (Å²) in [6.07, 6.45) is 1.57. The van der Waals surface area contributed by atoms with Gasteiger partial charge in [-0.25, -0.2) is 4.98 Å². The number of aromatic nitrogens is 2. The van der Waals surface area contributed by atoms with Gasteiger partial charge in [-0.2, -0.15) is 9.78 Å².